The summed E-state index contributed by atoms with van der Waals surface area (Å²) in [5, 5.41) is 11.6. The van der Waals surface area contributed by atoms with Gasteiger partial charge in [-0.3, -0.25) is 9.59 Å². The summed E-state index contributed by atoms with van der Waals surface area (Å²) in [6, 6.07) is 21.7. The van der Waals surface area contributed by atoms with E-state index in [1.165, 1.54) is 6.92 Å². The molecule has 1 amide bonds. The number of nitrogens with one attached hydrogen (secondary N) is 1. The van der Waals surface area contributed by atoms with Crippen LogP contribution in [0, 0.1) is 0 Å². The molecule has 2 heterocycles. The summed E-state index contributed by atoms with van der Waals surface area (Å²) >= 11 is 0. The summed E-state index contributed by atoms with van der Waals surface area (Å²) in [7, 11) is 1.62. The molecule has 36 heavy (non-hydrogen) atoms. The zero-order valence-electron chi connectivity index (χ0n) is 20.0. The van der Waals surface area contributed by atoms with Crippen LogP contribution in [-0.4, -0.2) is 40.3 Å². The van der Waals surface area contributed by atoms with Crippen molar-refractivity contribution >= 4 is 22.6 Å². The third-order valence-electron chi connectivity index (χ3n) is 6.43. The molecular weight excluding hydrogens is 456 g/mol. The maximum absolute atomic E-state index is 13.1. The number of fused-ring (bicyclic) bond motifs is 1. The lowest BCUT2D eigenvalue weighted by Gasteiger charge is -2.27. The van der Waals surface area contributed by atoms with Gasteiger partial charge in [-0.2, -0.15) is 0 Å². The number of rotatable bonds is 8. The van der Waals surface area contributed by atoms with Crippen molar-refractivity contribution in [2.24, 2.45) is 0 Å². The normalized spacial score (nSPS) is 15.6. The number of Topliss-reactive ketones (excluding diaryl/α,β-unsaturated/α-hetero) is 1. The molecular formula is C29H26N2O5. The minimum absolute atomic E-state index is 0.0949. The van der Waals surface area contributed by atoms with E-state index in [1.54, 1.807) is 18.1 Å². The van der Waals surface area contributed by atoms with Gasteiger partial charge in [-0.05, 0) is 66.9 Å². The number of ketones is 1. The smallest absolute Gasteiger partial charge is 0.290 e. The average Bonchev–Trinajstić information content (AvgIpc) is 3.41. The number of nitrogens with zero attached hydrogens (tertiary/aromatic N) is 1. The van der Waals surface area contributed by atoms with Gasteiger partial charge in [0.15, 0.2) is 11.5 Å². The Bertz CT molecular complexity index is 1470. The molecule has 0 saturated heterocycles. The largest absolute Gasteiger partial charge is 0.503 e. The second kappa shape index (κ2) is 9.62. The fourth-order valence-corrected chi connectivity index (χ4v) is 4.70. The Labute approximate surface area is 208 Å². The highest BCUT2D eigenvalue weighted by Crippen LogP contribution is 2.39. The van der Waals surface area contributed by atoms with E-state index in [2.05, 4.69) is 4.98 Å². The van der Waals surface area contributed by atoms with Gasteiger partial charge in [0.25, 0.3) is 5.91 Å². The molecule has 7 heteroatoms. The number of para-hydroxylation sites is 1. The van der Waals surface area contributed by atoms with E-state index < -0.39 is 17.7 Å². The van der Waals surface area contributed by atoms with Gasteiger partial charge in [0.05, 0.1) is 18.7 Å². The second-order valence-corrected chi connectivity index (χ2v) is 8.68. The number of methoxy groups -OCH3 is 1. The lowest BCUT2D eigenvalue weighted by molar-refractivity contribution is -0.129. The number of carbonyl (C=O) groups is 2. The van der Waals surface area contributed by atoms with E-state index in [1.807, 2.05) is 72.9 Å². The fourth-order valence-electron chi connectivity index (χ4n) is 4.70. The van der Waals surface area contributed by atoms with Gasteiger partial charge in [0.1, 0.15) is 17.2 Å². The Morgan fingerprint density at radius 1 is 1.00 bits per heavy atom. The lowest BCUT2D eigenvalue weighted by Crippen LogP contribution is -2.32. The van der Waals surface area contributed by atoms with Crippen LogP contribution in [-0.2, 0) is 16.0 Å². The van der Waals surface area contributed by atoms with Crippen molar-refractivity contribution in [1.82, 2.24) is 9.88 Å². The number of carbonyl (C=O) groups excluding carboxylic acids is 2. The summed E-state index contributed by atoms with van der Waals surface area (Å²) in [6.07, 6.45) is 2.43. The highest BCUT2D eigenvalue weighted by molar-refractivity contribution is 6.08. The van der Waals surface area contributed by atoms with Crippen molar-refractivity contribution < 1.29 is 24.2 Å². The molecule has 1 atom stereocenters. The third kappa shape index (κ3) is 4.31. The average molecular weight is 483 g/mol. The first-order chi connectivity index (χ1) is 17.5. The van der Waals surface area contributed by atoms with Gasteiger partial charge >= 0.3 is 0 Å². The molecule has 1 aliphatic heterocycles. The molecule has 0 radical (unpaired) electrons. The maximum atomic E-state index is 13.1. The Hall–Kier alpha value is -4.52. The van der Waals surface area contributed by atoms with Gasteiger partial charge in [-0.1, -0.05) is 30.3 Å². The lowest BCUT2D eigenvalue weighted by atomic mass is 9.96. The number of aliphatic hydroxyl groups is 1. The van der Waals surface area contributed by atoms with Gasteiger partial charge < -0.3 is 24.5 Å². The Morgan fingerprint density at radius 3 is 2.53 bits per heavy atom. The van der Waals surface area contributed by atoms with Crippen molar-refractivity contribution in [2.75, 3.05) is 13.7 Å². The van der Waals surface area contributed by atoms with Crippen LogP contribution in [0.3, 0.4) is 0 Å². The monoisotopic (exact) mass is 482 g/mol. The van der Waals surface area contributed by atoms with Crippen LogP contribution in [0.25, 0.3) is 10.9 Å². The quantitative estimate of drug-likeness (QED) is 0.346. The van der Waals surface area contributed by atoms with Crippen molar-refractivity contribution in [3.05, 3.63) is 101 Å². The minimum Gasteiger partial charge on any atom is -0.503 e. The van der Waals surface area contributed by atoms with E-state index in [-0.39, 0.29) is 11.4 Å². The summed E-state index contributed by atoms with van der Waals surface area (Å²) < 4.78 is 11.3. The standard InChI is InChI=1S/C29H26N2O5/c1-18(32)26-27(19-7-6-10-23(15-19)36-21-8-4-3-5-9-21)31(29(34)28(26)33)14-13-20-17-30-25-12-11-22(35-2)16-24(20)25/h3-12,15-17,27,30,33H,13-14H2,1-2H3. The number of aliphatic hydroxyl groups excluding tert-OH is 1. The zero-order valence-corrected chi connectivity index (χ0v) is 20.0. The maximum Gasteiger partial charge on any atom is 0.290 e. The predicted molar refractivity (Wildman–Crippen MR) is 136 cm³/mol. The van der Waals surface area contributed by atoms with Crippen LogP contribution in [0.1, 0.15) is 24.1 Å². The van der Waals surface area contributed by atoms with Crippen LogP contribution < -0.4 is 9.47 Å². The number of amides is 1. The van der Waals surface area contributed by atoms with Gasteiger partial charge in [-0.25, -0.2) is 0 Å². The molecule has 2 N–H and O–H groups in total. The molecule has 0 fully saturated rings. The van der Waals surface area contributed by atoms with E-state index in [0.29, 0.717) is 30.0 Å². The number of aromatic amines is 1. The van der Waals surface area contributed by atoms with Gasteiger partial charge in [0.2, 0.25) is 0 Å². The molecule has 0 bridgehead atoms. The van der Waals surface area contributed by atoms with Crippen molar-refractivity contribution in [3.8, 4) is 17.2 Å². The SMILES string of the molecule is COc1ccc2[nH]cc(CCN3C(=O)C(O)=C(C(C)=O)C3c3cccc(Oc4ccccc4)c3)c2c1. The summed E-state index contributed by atoms with van der Waals surface area (Å²) in [5.41, 5.74) is 2.75. The highest BCUT2D eigenvalue weighted by Gasteiger charge is 2.42. The minimum atomic E-state index is -0.714. The van der Waals surface area contributed by atoms with Crippen LogP contribution >= 0.6 is 0 Å². The molecule has 0 spiro atoms. The Kier molecular flexibility index (Phi) is 6.21. The van der Waals surface area contributed by atoms with Gasteiger partial charge in [-0.15, -0.1) is 0 Å². The third-order valence-corrected chi connectivity index (χ3v) is 6.43. The van der Waals surface area contributed by atoms with Crippen LogP contribution in [0.4, 0.5) is 0 Å². The molecule has 1 aromatic heterocycles. The first-order valence-corrected chi connectivity index (χ1v) is 11.7. The molecule has 7 nitrogen and oxygen atoms in total. The molecule has 182 valence electrons. The number of benzene rings is 3. The predicted octanol–water partition coefficient (Wildman–Crippen LogP) is 5.50. The van der Waals surface area contributed by atoms with E-state index >= 15 is 0 Å². The van der Waals surface area contributed by atoms with E-state index in [4.69, 9.17) is 9.47 Å². The van der Waals surface area contributed by atoms with Crippen LogP contribution in [0.5, 0.6) is 17.2 Å². The highest BCUT2D eigenvalue weighted by atomic mass is 16.5. The molecule has 0 saturated carbocycles. The summed E-state index contributed by atoms with van der Waals surface area (Å²) in [6.45, 7) is 1.67. The molecule has 0 aliphatic carbocycles. The Morgan fingerprint density at radius 2 is 1.78 bits per heavy atom. The van der Waals surface area contributed by atoms with Crippen molar-refractivity contribution in [1.29, 1.82) is 0 Å². The second-order valence-electron chi connectivity index (χ2n) is 8.68. The first-order valence-electron chi connectivity index (χ1n) is 11.7. The van der Waals surface area contributed by atoms with Crippen molar-refractivity contribution in [2.45, 2.75) is 19.4 Å². The van der Waals surface area contributed by atoms with Crippen LogP contribution in [0.2, 0.25) is 0 Å². The molecule has 5 rings (SSSR count). The molecule has 1 aliphatic rings. The number of ether oxygens (including phenoxy) is 2. The first kappa shape index (κ1) is 23.2. The molecule has 4 aromatic rings. The number of hydrogen-bond acceptors (Lipinski definition) is 5. The number of aromatic nitrogens is 1. The number of hydrogen-bond donors (Lipinski definition) is 2. The summed E-state index contributed by atoms with van der Waals surface area (Å²) in [5.74, 6) is 0.587. The van der Waals surface area contributed by atoms with E-state index in [0.717, 1.165) is 22.2 Å². The topological polar surface area (TPSA) is 91.9 Å². The molecule has 3 aromatic carbocycles. The zero-order chi connectivity index (χ0) is 25.2. The van der Waals surface area contributed by atoms with Crippen molar-refractivity contribution in [3.63, 3.8) is 0 Å². The number of H-pyrrole nitrogens is 1. The Balaban J connectivity index is 1.46. The van der Waals surface area contributed by atoms with E-state index in [9.17, 15) is 14.7 Å². The van der Waals surface area contributed by atoms with Gasteiger partial charge in [0, 0.05) is 23.6 Å². The molecule has 1 unspecified atom stereocenters. The summed E-state index contributed by atoms with van der Waals surface area (Å²) in [4.78, 5) is 30.4. The fraction of sp³-hybridized carbons (Fsp3) is 0.172. The van der Waals surface area contributed by atoms with Crippen LogP contribution in [0.15, 0.2) is 90.3 Å².